The zero-order valence-corrected chi connectivity index (χ0v) is 15.0. The third-order valence-electron chi connectivity index (χ3n) is 4.13. The Balaban J connectivity index is 2.19. The fourth-order valence-corrected chi connectivity index (χ4v) is 3.42. The second-order valence-electron chi connectivity index (χ2n) is 6.47. The molecule has 0 saturated carbocycles. The first-order chi connectivity index (χ1) is 11.7. The van der Waals surface area contributed by atoms with E-state index in [0.717, 1.165) is 17.5 Å². The van der Waals surface area contributed by atoms with Crippen LogP contribution in [0.25, 0.3) is 0 Å². The number of carbonyl (C=O) groups excluding carboxylic acids is 1. The molecule has 0 atom stereocenters. The first-order valence-electron chi connectivity index (χ1n) is 7.79. The molecule has 2 aromatic rings. The largest absolute Gasteiger partial charge is 0.287 e. The highest BCUT2D eigenvalue weighted by Gasteiger charge is 2.40. The third-order valence-corrected chi connectivity index (χ3v) is 4.65. The average Bonchev–Trinajstić information content (AvgIpc) is 2.83. The maximum absolute atomic E-state index is 13.0. The van der Waals surface area contributed by atoms with Crippen LogP contribution in [0.5, 0.6) is 0 Å². The summed E-state index contributed by atoms with van der Waals surface area (Å²) in [6.45, 7) is 3.82. The summed E-state index contributed by atoms with van der Waals surface area (Å²) in [6, 6.07) is 16.0. The van der Waals surface area contributed by atoms with E-state index >= 15 is 0 Å². The van der Waals surface area contributed by atoms with Gasteiger partial charge < -0.3 is 0 Å². The minimum absolute atomic E-state index is 0.130. The Kier molecular flexibility index (Phi) is 4.16. The Morgan fingerprint density at radius 2 is 1.60 bits per heavy atom. The molecule has 1 aliphatic heterocycles. The number of ketones is 1. The summed E-state index contributed by atoms with van der Waals surface area (Å²) < 4.78 is 27.4. The lowest BCUT2D eigenvalue weighted by atomic mass is 9.78. The summed E-state index contributed by atoms with van der Waals surface area (Å²) in [5, 5.41) is 0. The molecule has 1 aliphatic rings. The molecular formula is C19H18N2O3S. The molecule has 0 fully saturated rings. The molecule has 0 N–H and O–H groups in total. The summed E-state index contributed by atoms with van der Waals surface area (Å²) in [6.07, 6.45) is 0.973. The molecule has 25 heavy (non-hydrogen) atoms. The molecule has 0 saturated heterocycles. The standard InChI is InChI=1S/C19H18N2O3S/c1-19(2)14-11-7-8-12-15(14)20-18(19)16(21-25(3,23)24)17(22)13-9-5-4-6-10-13/h4-12H,1-3H3/b21-16+. The van der Waals surface area contributed by atoms with E-state index in [4.69, 9.17) is 0 Å². The molecule has 0 aliphatic carbocycles. The Morgan fingerprint density at radius 1 is 1.00 bits per heavy atom. The summed E-state index contributed by atoms with van der Waals surface area (Å²) in [4.78, 5) is 17.5. The van der Waals surface area contributed by atoms with Gasteiger partial charge >= 0.3 is 0 Å². The van der Waals surface area contributed by atoms with Crippen LogP contribution in [-0.4, -0.2) is 31.9 Å². The maximum atomic E-state index is 13.0. The SMILES string of the molecule is CC1(C)C(/C(=N/S(C)(=O)=O)C(=O)c2ccccc2)=Nc2ccccc21. The highest BCUT2D eigenvalue weighted by atomic mass is 32.2. The number of sulfonamides is 1. The molecule has 1 heterocycles. The molecule has 0 bridgehead atoms. The van der Waals surface area contributed by atoms with Crippen molar-refractivity contribution in [2.45, 2.75) is 19.3 Å². The van der Waals surface area contributed by atoms with Crippen LogP contribution in [0.4, 0.5) is 5.69 Å². The molecule has 2 aromatic carbocycles. The van der Waals surface area contributed by atoms with E-state index in [9.17, 15) is 13.2 Å². The minimum Gasteiger partial charge on any atom is -0.287 e. The summed E-state index contributed by atoms with van der Waals surface area (Å²) in [5.41, 5.74) is 1.66. The van der Waals surface area contributed by atoms with Crippen molar-refractivity contribution < 1.29 is 13.2 Å². The van der Waals surface area contributed by atoms with Crippen LogP contribution >= 0.6 is 0 Å². The van der Waals surface area contributed by atoms with Crippen molar-refractivity contribution in [3.63, 3.8) is 0 Å². The van der Waals surface area contributed by atoms with Gasteiger partial charge in [0.1, 0.15) is 5.71 Å². The first-order valence-corrected chi connectivity index (χ1v) is 9.64. The van der Waals surface area contributed by atoms with Crippen LogP contribution in [-0.2, 0) is 15.4 Å². The van der Waals surface area contributed by atoms with Gasteiger partial charge in [-0.25, -0.2) is 13.4 Å². The smallest absolute Gasteiger partial charge is 0.250 e. The Labute approximate surface area is 147 Å². The van der Waals surface area contributed by atoms with E-state index in [0.29, 0.717) is 11.3 Å². The van der Waals surface area contributed by atoms with Crippen LogP contribution in [0.1, 0.15) is 29.8 Å². The van der Waals surface area contributed by atoms with Crippen LogP contribution in [0.3, 0.4) is 0 Å². The molecule has 0 spiro atoms. The van der Waals surface area contributed by atoms with Gasteiger partial charge in [0.05, 0.1) is 17.7 Å². The number of benzene rings is 2. The van der Waals surface area contributed by atoms with Gasteiger partial charge in [0.25, 0.3) is 10.0 Å². The molecule has 128 valence electrons. The van der Waals surface area contributed by atoms with Crippen LogP contribution < -0.4 is 0 Å². The number of nitrogens with zero attached hydrogens (tertiary/aromatic N) is 2. The predicted molar refractivity (Wildman–Crippen MR) is 99.6 cm³/mol. The van der Waals surface area contributed by atoms with Crippen molar-refractivity contribution in [2.75, 3.05) is 6.26 Å². The molecule has 6 heteroatoms. The molecule has 0 amide bonds. The van der Waals surface area contributed by atoms with E-state index in [1.807, 2.05) is 38.1 Å². The molecule has 0 unspecified atom stereocenters. The maximum Gasteiger partial charge on any atom is 0.250 e. The zero-order chi connectivity index (χ0) is 18.2. The van der Waals surface area contributed by atoms with E-state index in [1.54, 1.807) is 30.3 Å². The van der Waals surface area contributed by atoms with Crippen molar-refractivity contribution in [1.82, 2.24) is 0 Å². The topological polar surface area (TPSA) is 75.9 Å². The number of carbonyl (C=O) groups is 1. The summed E-state index contributed by atoms with van der Waals surface area (Å²) >= 11 is 0. The lowest BCUT2D eigenvalue weighted by molar-refractivity contribution is 0.106. The fourth-order valence-electron chi connectivity index (χ4n) is 2.92. The monoisotopic (exact) mass is 354 g/mol. The van der Waals surface area contributed by atoms with Crippen molar-refractivity contribution in [3.05, 3.63) is 65.7 Å². The van der Waals surface area contributed by atoms with Gasteiger partial charge in [-0.2, -0.15) is 4.40 Å². The summed E-state index contributed by atoms with van der Waals surface area (Å²) in [7, 11) is -3.77. The van der Waals surface area contributed by atoms with Gasteiger partial charge in [0.15, 0.2) is 0 Å². The van der Waals surface area contributed by atoms with Crippen molar-refractivity contribution >= 4 is 32.9 Å². The second-order valence-corrected chi connectivity index (χ2v) is 8.12. The highest BCUT2D eigenvalue weighted by molar-refractivity contribution is 7.89. The van der Waals surface area contributed by atoms with E-state index in [-0.39, 0.29) is 5.71 Å². The second kappa shape index (κ2) is 6.04. The van der Waals surface area contributed by atoms with Crippen LogP contribution in [0.15, 0.2) is 64.0 Å². The van der Waals surface area contributed by atoms with Gasteiger partial charge in [0, 0.05) is 11.0 Å². The van der Waals surface area contributed by atoms with E-state index in [2.05, 4.69) is 9.39 Å². The van der Waals surface area contributed by atoms with Crippen LogP contribution in [0.2, 0.25) is 0 Å². The van der Waals surface area contributed by atoms with Gasteiger partial charge in [-0.15, -0.1) is 0 Å². The third kappa shape index (κ3) is 3.30. The number of Topliss-reactive ketones (excluding diaryl/α,β-unsaturated/α-hetero) is 1. The number of aliphatic imine (C=N–C) groups is 1. The summed E-state index contributed by atoms with van der Waals surface area (Å²) in [5.74, 6) is -0.453. The Hall–Kier alpha value is -2.60. The quantitative estimate of drug-likeness (QED) is 0.624. The fraction of sp³-hybridized carbons (Fsp3) is 0.211. The molecular weight excluding hydrogens is 336 g/mol. The van der Waals surface area contributed by atoms with Gasteiger partial charge in [-0.05, 0) is 25.5 Å². The van der Waals surface area contributed by atoms with Crippen molar-refractivity contribution in [2.24, 2.45) is 9.39 Å². The van der Waals surface area contributed by atoms with Gasteiger partial charge in [0.2, 0.25) is 5.78 Å². The van der Waals surface area contributed by atoms with Gasteiger partial charge in [-0.1, -0.05) is 48.5 Å². The molecule has 0 radical (unpaired) electrons. The average molecular weight is 354 g/mol. The molecule has 0 aromatic heterocycles. The van der Waals surface area contributed by atoms with Crippen molar-refractivity contribution in [3.8, 4) is 0 Å². The number of rotatable bonds is 4. The number of fused-ring (bicyclic) bond motifs is 1. The number of para-hydroxylation sites is 1. The minimum atomic E-state index is -3.77. The molecule has 5 nitrogen and oxygen atoms in total. The molecule has 3 rings (SSSR count). The first kappa shape index (κ1) is 17.2. The zero-order valence-electron chi connectivity index (χ0n) is 14.2. The highest BCUT2D eigenvalue weighted by Crippen LogP contribution is 2.40. The normalized spacial score (nSPS) is 16.3. The Bertz CT molecular complexity index is 1000. The Morgan fingerprint density at radius 3 is 2.20 bits per heavy atom. The van der Waals surface area contributed by atoms with Crippen LogP contribution in [0, 0.1) is 0 Å². The van der Waals surface area contributed by atoms with E-state index in [1.165, 1.54) is 0 Å². The number of hydrogen-bond donors (Lipinski definition) is 0. The predicted octanol–water partition coefficient (Wildman–Crippen LogP) is 3.33. The number of hydrogen-bond acceptors (Lipinski definition) is 4. The van der Waals surface area contributed by atoms with Gasteiger partial charge in [-0.3, -0.25) is 4.79 Å². The van der Waals surface area contributed by atoms with E-state index < -0.39 is 21.2 Å². The lowest BCUT2D eigenvalue weighted by Crippen LogP contribution is -2.37. The lowest BCUT2D eigenvalue weighted by Gasteiger charge is -2.22. The van der Waals surface area contributed by atoms with Crippen molar-refractivity contribution in [1.29, 1.82) is 0 Å².